The first-order valence-electron chi connectivity index (χ1n) is 9.10. The largest absolute Gasteiger partial charge is 0.355 e. The molecule has 1 amide bonds. The molecule has 7 nitrogen and oxygen atoms in total. The zero-order valence-electron chi connectivity index (χ0n) is 14.3. The van der Waals surface area contributed by atoms with Crippen LogP contribution in [0.3, 0.4) is 0 Å². The molecule has 2 saturated heterocycles. The lowest BCUT2D eigenvalue weighted by atomic mass is 9.83. The van der Waals surface area contributed by atoms with Crippen LogP contribution in [0.1, 0.15) is 32.1 Å². The van der Waals surface area contributed by atoms with Gasteiger partial charge >= 0.3 is 0 Å². The molecule has 0 radical (unpaired) electrons. The van der Waals surface area contributed by atoms with Crippen LogP contribution in [-0.2, 0) is 4.79 Å². The normalized spacial score (nSPS) is 24.2. The van der Waals surface area contributed by atoms with E-state index >= 15 is 0 Å². The van der Waals surface area contributed by atoms with Crippen molar-refractivity contribution in [2.24, 2.45) is 5.92 Å². The Hall–Kier alpha value is -1.67. The SMILES string of the molecule is O=C(CSc1ccc2nncn2n1)NC[C@H]1CCCN2CCCC[C@H]12. The van der Waals surface area contributed by atoms with Crippen LogP contribution in [0.4, 0.5) is 0 Å². The third kappa shape index (κ3) is 3.95. The zero-order valence-corrected chi connectivity index (χ0v) is 15.1. The van der Waals surface area contributed by atoms with E-state index < -0.39 is 0 Å². The van der Waals surface area contributed by atoms with Crippen molar-refractivity contribution in [2.75, 3.05) is 25.4 Å². The maximum atomic E-state index is 12.2. The Labute approximate surface area is 151 Å². The van der Waals surface area contributed by atoms with Crippen molar-refractivity contribution in [1.82, 2.24) is 30.0 Å². The second-order valence-electron chi connectivity index (χ2n) is 6.90. The molecule has 2 aliphatic heterocycles. The van der Waals surface area contributed by atoms with Gasteiger partial charge < -0.3 is 10.2 Å². The number of fused-ring (bicyclic) bond motifs is 2. The lowest BCUT2D eigenvalue weighted by molar-refractivity contribution is -0.119. The number of nitrogens with one attached hydrogen (secondary N) is 1. The number of aromatic nitrogens is 4. The first kappa shape index (κ1) is 16.8. The van der Waals surface area contributed by atoms with Gasteiger partial charge in [0.05, 0.1) is 5.75 Å². The first-order chi connectivity index (χ1) is 12.3. The maximum Gasteiger partial charge on any atom is 0.230 e. The quantitative estimate of drug-likeness (QED) is 0.816. The Morgan fingerprint density at radius 3 is 3.12 bits per heavy atom. The summed E-state index contributed by atoms with van der Waals surface area (Å²) in [5.74, 6) is 1.08. The van der Waals surface area contributed by atoms with Crippen molar-refractivity contribution in [3.63, 3.8) is 0 Å². The van der Waals surface area contributed by atoms with Crippen LogP contribution in [0, 0.1) is 5.92 Å². The molecule has 1 N–H and O–H groups in total. The fraction of sp³-hybridized carbons (Fsp3) is 0.647. The first-order valence-corrected chi connectivity index (χ1v) is 10.1. The molecule has 0 bridgehead atoms. The predicted molar refractivity (Wildman–Crippen MR) is 96.5 cm³/mol. The van der Waals surface area contributed by atoms with E-state index in [0.717, 1.165) is 11.6 Å². The number of carbonyl (C=O) groups excluding carboxylic acids is 1. The molecular formula is C17H24N6OS. The Morgan fingerprint density at radius 2 is 2.16 bits per heavy atom. The van der Waals surface area contributed by atoms with Gasteiger partial charge in [0.25, 0.3) is 0 Å². The summed E-state index contributed by atoms with van der Waals surface area (Å²) in [7, 11) is 0. The number of carbonyl (C=O) groups is 1. The third-order valence-corrected chi connectivity index (χ3v) is 6.20. The van der Waals surface area contributed by atoms with Crippen LogP contribution < -0.4 is 5.32 Å². The highest BCUT2D eigenvalue weighted by molar-refractivity contribution is 7.99. The van der Waals surface area contributed by atoms with Gasteiger partial charge in [0.1, 0.15) is 11.4 Å². The molecule has 0 unspecified atom stereocenters. The average molecular weight is 360 g/mol. The Kier molecular flexibility index (Phi) is 5.17. The molecular weight excluding hydrogens is 336 g/mol. The van der Waals surface area contributed by atoms with Gasteiger partial charge in [0.15, 0.2) is 5.65 Å². The molecule has 134 valence electrons. The number of nitrogens with zero attached hydrogens (tertiary/aromatic N) is 5. The molecule has 8 heteroatoms. The summed E-state index contributed by atoms with van der Waals surface area (Å²) in [5.41, 5.74) is 0.711. The van der Waals surface area contributed by atoms with Gasteiger partial charge in [-0.2, -0.15) is 9.61 Å². The van der Waals surface area contributed by atoms with E-state index in [2.05, 4.69) is 25.5 Å². The van der Waals surface area contributed by atoms with Gasteiger partial charge in [-0.1, -0.05) is 18.2 Å². The number of rotatable bonds is 5. The van der Waals surface area contributed by atoms with Crippen LogP contribution in [0.2, 0.25) is 0 Å². The molecule has 2 aromatic heterocycles. The minimum atomic E-state index is 0.0867. The van der Waals surface area contributed by atoms with Crippen LogP contribution >= 0.6 is 11.8 Å². The summed E-state index contributed by atoms with van der Waals surface area (Å²) >= 11 is 1.45. The summed E-state index contributed by atoms with van der Waals surface area (Å²) in [4.78, 5) is 14.9. The van der Waals surface area contributed by atoms with Gasteiger partial charge in [-0.25, -0.2) is 0 Å². The molecule has 2 aromatic rings. The lowest BCUT2D eigenvalue weighted by Gasteiger charge is -2.44. The van der Waals surface area contributed by atoms with E-state index in [1.165, 1.54) is 57.0 Å². The average Bonchev–Trinajstić information content (AvgIpc) is 3.12. The highest BCUT2D eigenvalue weighted by atomic mass is 32.2. The zero-order chi connectivity index (χ0) is 17.1. The van der Waals surface area contributed by atoms with Crippen molar-refractivity contribution >= 4 is 23.3 Å². The topological polar surface area (TPSA) is 75.4 Å². The van der Waals surface area contributed by atoms with Gasteiger partial charge in [0, 0.05) is 12.6 Å². The van der Waals surface area contributed by atoms with Gasteiger partial charge in [-0.05, 0) is 56.8 Å². The Bertz CT molecular complexity index is 733. The number of hydrogen-bond acceptors (Lipinski definition) is 6. The van der Waals surface area contributed by atoms with Crippen LogP contribution in [-0.4, -0.2) is 62.0 Å². The van der Waals surface area contributed by atoms with Crippen molar-refractivity contribution < 1.29 is 4.79 Å². The van der Waals surface area contributed by atoms with E-state index in [9.17, 15) is 4.79 Å². The maximum absolute atomic E-state index is 12.2. The molecule has 2 atom stereocenters. The van der Waals surface area contributed by atoms with Crippen LogP contribution in [0.25, 0.3) is 5.65 Å². The smallest absolute Gasteiger partial charge is 0.230 e. The lowest BCUT2D eigenvalue weighted by Crippen LogP contribution is -2.51. The molecule has 0 saturated carbocycles. The van der Waals surface area contributed by atoms with Crippen molar-refractivity contribution in [3.05, 3.63) is 18.5 Å². The number of thioether (sulfide) groups is 1. The van der Waals surface area contributed by atoms with E-state index in [1.54, 1.807) is 10.8 Å². The van der Waals surface area contributed by atoms with E-state index in [0.29, 0.717) is 23.4 Å². The minimum absolute atomic E-state index is 0.0867. The molecule has 2 aliphatic rings. The predicted octanol–water partition coefficient (Wildman–Crippen LogP) is 1.60. The van der Waals surface area contributed by atoms with Gasteiger partial charge in [-0.15, -0.1) is 10.2 Å². The standard InChI is InChI=1S/C17H24N6OS/c24-16(11-25-17-7-6-15-20-19-12-23(15)21-17)18-10-13-4-3-9-22-8-2-1-5-14(13)22/h6-7,12-14H,1-5,8-11H2,(H,18,24)/t13-,14-/m1/s1. The highest BCUT2D eigenvalue weighted by Crippen LogP contribution is 2.30. The number of amides is 1. The van der Waals surface area contributed by atoms with Crippen LogP contribution in [0.5, 0.6) is 0 Å². The second-order valence-corrected chi connectivity index (χ2v) is 7.90. The molecule has 2 fully saturated rings. The summed E-state index contributed by atoms with van der Waals surface area (Å²) in [6, 6.07) is 4.41. The third-order valence-electron chi connectivity index (χ3n) is 5.28. The van der Waals surface area contributed by atoms with E-state index in [4.69, 9.17) is 0 Å². The molecule has 0 aliphatic carbocycles. The van der Waals surface area contributed by atoms with E-state index in [1.807, 2.05) is 12.1 Å². The molecule has 25 heavy (non-hydrogen) atoms. The second kappa shape index (κ2) is 7.70. The fourth-order valence-electron chi connectivity index (χ4n) is 4.04. The molecule has 0 spiro atoms. The Balaban J connectivity index is 1.25. The molecule has 0 aromatic carbocycles. The van der Waals surface area contributed by atoms with Gasteiger partial charge in [0.2, 0.25) is 5.91 Å². The number of piperidine rings is 2. The van der Waals surface area contributed by atoms with Crippen molar-refractivity contribution in [1.29, 1.82) is 0 Å². The minimum Gasteiger partial charge on any atom is -0.355 e. The van der Waals surface area contributed by atoms with Crippen molar-refractivity contribution in [3.8, 4) is 0 Å². The fourth-order valence-corrected chi connectivity index (χ4v) is 4.73. The monoisotopic (exact) mass is 360 g/mol. The van der Waals surface area contributed by atoms with Crippen LogP contribution in [0.15, 0.2) is 23.5 Å². The highest BCUT2D eigenvalue weighted by Gasteiger charge is 2.32. The number of hydrogen-bond donors (Lipinski definition) is 1. The molecule has 4 heterocycles. The molecule has 4 rings (SSSR count). The van der Waals surface area contributed by atoms with Crippen molar-refractivity contribution in [2.45, 2.75) is 43.2 Å². The summed E-state index contributed by atoms with van der Waals surface area (Å²) in [6.07, 6.45) is 8.01. The van der Waals surface area contributed by atoms with Gasteiger partial charge in [-0.3, -0.25) is 4.79 Å². The summed E-state index contributed by atoms with van der Waals surface area (Å²) in [6.45, 7) is 3.28. The summed E-state index contributed by atoms with van der Waals surface area (Å²) < 4.78 is 1.62. The Morgan fingerprint density at radius 1 is 1.24 bits per heavy atom. The summed E-state index contributed by atoms with van der Waals surface area (Å²) in [5, 5.41) is 16.1. The van der Waals surface area contributed by atoms with E-state index in [-0.39, 0.29) is 5.91 Å².